The van der Waals surface area contributed by atoms with Crippen LogP contribution in [0.3, 0.4) is 0 Å². The zero-order valence-corrected chi connectivity index (χ0v) is 11.6. The highest BCUT2D eigenvalue weighted by Gasteiger charge is 2.29. The Labute approximate surface area is 105 Å². The SMILES string of the molecule is CCOCCS(=O)(=O)N(CC)C1CCNCC1. The molecule has 1 fully saturated rings. The number of sulfonamides is 1. The minimum Gasteiger partial charge on any atom is -0.381 e. The smallest absolute Gasteiger partial charge is 0.216 e. The first kappa shape index (κ1) is 14.9. The molecule has 1 N–H and O–H groups in total. The average Bonchev–Trinajstić information content (AvgIpc) is 2.31. The van der Waals surface area contributed by atoms with Gasteiger partial charge in [0.1, 0.15) is 0 Å². The van der Waals surface area contributed by atoms with Crippen LogP contribution < -0.4 is 5.32 Å². The van der Waals surface area contributed by atoms with Crippen molar-refractivity contribution in [1.29, 1.82) is 0 Å². The van der Waals surface area contributed by atoms with Crippen molar-refractivity contribution < 1.29 is 13.2 Å². The molecule has 102 valence electrons. The van der Waals surface area contributed by atoms with Crippen LogP contribution in [0.2, 0.25) is 0 Å². The van der Waals surface area contributed by atoms with Gasteiger partial charge in [-0.05, 0) is 32.9 Å². The molecule has 0 saturated carbocycles. The zero-order valence-electron chi connectivity index (χ0n) is 10.8. The highest BCUT2D eigenvalue weighted by molar-refractivity contribution is 7.89. The molecule has 1 rings (SSSR count). The minimum absolute atomic E-state index is 0.0958. The Hall–Kier alpha value is -0.170. The maximum atomic E-state index is 12.2. The van der Waals surface area contributed by atoms with Crippen molar-refractivity contribution in [1.82, 2.24) is 9.62 Å². The van der Waals surface area contributed by atoms with Gasteiger partial charge in [-0.25, -0.2) is 8.42 Å². The monoisotopic (exact) mass is 264 g/mol. The highest BCUT2D eigenvalue weighted by Crippen LogP contribution is 2.16. The summed E-state index contributed by atoms with van der Waals surface area (Å²) in [7, 11) is -3.16. The van der Waals surface area contributed by atoms with Gasteiger partial charge in [-0.3, -0.25) is 0 Å². The maximum Gasteiger partial charge on any atom is 0.216 e. The van der Waals surface area contributed by atoms with Crippen molar-refractivity contribution in [3.8, 4) is 0 Å². The molecule has 0 aliphatic carbocycles. The number of hydrogen-bond acceptors (Lipinski definition) is 4. The lowest BCUT2D eigenvalue weighted by Crippen LogP contribution is -2.47. The van der Waals surface area contributed by atoms with Gasteiger partial charge in [0.15, 0.2) is 0 Å². The Morgan fingerprint density at radius 1 is 1.29 bits per heavy atom. The van der Waals surface area contributed by atoms with Crippen LogP contribution in [-0.4, -0.2) is 57.4 Å². The van der Waals surface area contributed by atoms with Crippen LogP contribution >= 0.6 is 0 Å². The minimum atomic E-state index is -3.16. The first-order valence-corrected chi connectivity index (χ1v) is 8.00. The van der Waals surface area contributed by atoms with Crippen LogP contribution in [-0.2, 0) is 14.8 Å². The van der Waals surface area contributed by atoms with E-state index >= 15 is 0 Å². The van der Waals surface area contributed by atoms with E-state index < -0.39 is 10.0 Å². The van der Waals surface area contributed by atoms with Crippen molar-refractivity contribution in [3.63, 3.8) is 0 Å². The molecule has 0 spiro atoms. The summed E-state index contributed by atoms with van der Waals surface area (Å²) in [5.41, 5.74) is 0. The van der Waals surface area contributed by atoms with Crippen molar-refractivity contribution in [2.75, 3.05) is 38.6 Å². The molecule has 5 nitrogen and oxygen atoms in total. The Kier molecular flexibility index (Phi) is 6.40. The lowest BCUT2D eigenvalue weighted by molar-refractivity contribution is 0.161. The van der Waals surface area contributed by atoms with Crippen LogP contribution in [0.25, 0.3) is 0 Å². The Balaban J connectivity index is 2.57. The fourth-order valence-electron chi connectivity index (χ4n) is 2.20. The molecule has 17 heavy (non-hydrogen) atoms. The van der Waals surface area contributed by atoms with Crippen molar-refractivity contribution in [2.24, 2.45) is 0 Å². The summed E-state index contributed by atoms with van der Waals surface area (Å²) in [5.74, 6) is 0.0958. The van der Waals surface area contributed by atoms with Crippen LogP contribution in [0.5, 0.6) is 0 Å². The number of ether oxygens (including phenoxy) is 1. The summed E-state index contributed by atoms with van der Waals surface area (Å²) >= 11 is 0. The van der Waals surface area contributed by atoms with Crippen LogP contribution in [0, 0.1) is 0 Å². The molecule has 1 heterocycles. The number of nitrogens with one attached hydrogen (secondary N) is 1. The fourth-order valence-corrected chi connectivity index (χ4v) is 3.82. The van der Waals surface area contributed by atoms with Gasteiger partial charge >= 0.3 is 0 Å². The van der Waals surface area contributed by atoms with Gasteiger partial charge in [0.05, 0.1) is 12.4 Å². The van der Waals surface area contributed by atoms with E-state index in [1.807, 2.05) is 13.8 Å². The summed E-state index contributed by atoms with van der Waals surface area (Å²) in [6.07, 6.45) is 1.81. The first-order chi connectivity index (χ1) is 8.11. The van der Waals surface area contributed by atoms with Crippen molar-refractivity contribution in [3.05, 3.63) is 0 Å². The molecular formula is C11H24N2O3S. The highest BCUT2D eigenvalue weighted by atomic mass is 32.2. The normalized spacial score (nSPS) is 18.8. The van der Waals surface area contributed by atoms with Gasteiger partial charge < -0.3 is 10.1 Å². The summed E-state index contributed by atoms with van der Waals surface area (Å²) in [6.45, 7) is 7.00. The second-order valence-corrected chi connectivity index (χ2v) is 6.24. The molecule has 0 aromatic heterocycles. The number of piperidine rings is 1. The van der Waals surface area contributed by atoms with E-state index in [1.165, 1.54) is 0 Å². The molecule has 1 aliphatic rings. The van der Waals surface area contributed by atoms with E-state index in [0.717, 1.165) is 25.9 Å². The van der Waals surface area contributed by atoms with Crippen molar-refractivity contribution >= 4 is 10.0 Å². The van der Waals surface area contributed by atoms with Gasteiger partial charge in [0.2, 0.25) is 10.0 Å². The molecule has 0 atom stereocenters. The number of nitrogens with zero attached hydrogens (tertiary/aromatic N) is 1. The molecule has 0 aromatic rings. The van der Waals surface area contributed by atoms with E-state index in [9.17, 15) is 8.42 Å². The van der Waals surface area contributed by atoms with E-state index in [1.54, 1.807) is 4.31 Å². The topological polar surface area (TPSA) is 58.6 Å². The first-order valence-electron chi connectivity index (χ1n) is 6.39. The standard InChI is InChI=1S/C11H24N2O3S/c1-3-13(11-5-7-12-8-6-11)17(14,15)10-9-16-4-2/h11-12H,3-10H2,1-2H3. The van der Waals surface area contributed by atoms with Gasteiger partial charge in [0, 0.05) is 19.2 Å². The maximum absolute atomic E-state index is 12.2. The molecule has 1 saturated heterocycles. The molecule has 0 amide bonds. The molecule has 1 aliphatic heterocycles. The average molecular weight is 264 g/mol. The quantitative estimate of drug-likeness (QED) is 0.677. The van der Waals surface area contributed by atoms with E-state index in [-0.39, 0.29) is 11.8 Å². The Morgan fingerprint density at radius 3 is 2.47 bits per heavy atom. The third kappa shape index (κ3) is 4.54. The molecule has 0 unspecified atom stereocenters. The molecular weight excluding hydrogens is 240 g/mol. The van der Waals surface area contributed by atoms with Gasteiger partial charge in [-0.15, -0.1) is 0 Å². The van der Waals surface area contributed by atoms with Gasteiger partial charge in [-0.1, -0.05) is 6.92 Å². The van der Waals surface area contributed by atoms with Crippen molar-refractivity contribution in [2.45, 2.75) is 32.7 Å². The predicted molar refractivity (Wildman–Crippen MR) is 68.6 cm³/mol. The predicted octanol–water partition coefficient (Wildman–Crippen LogP) is 0.427. The third-order valence-corrected chi connectivity index (χ3v) is 5.03. The summed E-state index contributed by atoms with van der Waals surface area (Å²) < 4.78 is 31.1. The second kappa shape index (κ2) is 7.31. The lowest BCUT2D eigenvalue weighted by Gasteiger charge is -2.32. The molecule has 0 bridgehead atoms. The zero-order chi connectivity index (χ0) is 12.7. The molecule has 6 heteroatoms. The van der Waals surface area contributed by atoms with Gasteiger partial charge in [0.25, 0.3) is 0 Å². The summed E-state index contributed by atoms with van der Waals surface area (Å²) in [5, 5.41) is 3.25. The Bertz CT molecular complexity index is 300. The van der Waals surface area contributed by atoms with Crippen LogP contribution in [0.1, 0.15) is 26.7 Å². The van der Waals surface area contributed by atoms with Crippen LogP contribution in [0.15, 0.2) is 0 Å². The lowest BCUT2D eigenvalue weighted by atomic mass is 10.1. The Morgan fingerprint density at radius 2 is 1.94 bits per heavy atom. The van der Waals surface area contributed by atoms with Crippen LogP contribution in [0.4, 0.5) is 0 Å². The third-order valence-electron chi connectivity index (χ3n) is 3.07. The second-order valence-electron chi connectivity index (χ2n) is 4.20. The summed E-state index contributed by atoms with van der Waals surface area (Å²) in [6, 6.07) is 0.160. The molecule has 0 aromatic carbocycles. The number of rotatable bonds is 7. The van der Waals surface area contributed by atoms with Gasteiger partial charge in [-0.2, -0.15) is 4.31 Å². The van der Waals surface area contributed by atoms with E-state index in [4.69, 9.17) is 4.74 Å². The largest absolute Gasteiger partial charge is 0.381 e. The fraction of sp³-hybridized carbons (Fsp3) is 1.00. The van der Waals surface area contributed by atoms with E-state index in [2.05, 4.69) is 5.32 Å². The summed E-state index contributed by atoms with van der Waals surface area (Å²) in [4.78, 5) is 0. The van der Waals surface area contributed by atoms with E-state index in [0.29, 0.717) is 19.8 Å². The molecule has 0 radical (unpaired) electrons. The number of hydrogen-bond donors (Lipinski definition) is 1.